The second kappa shape index (κ2) is 6.23. The average molecular weight is 265 g/mol. The van der Waals surface area contributed by atoms with Crippen LogP contribution in [-0.2, 0) is 0 Å². The zero-order valence-corrected chi connectivity index (χ0v) is 12.3. The van der Waals surface area contributed by atoms with E-state index in [-0.39, 0.29) is 0 Å². The average Bonchev–Trinajstić information content (AvgIpc) is 2.86. The fraction of sp³-hybridized carbons (Fsp3) is 0.643. The number of hydrogen-bond donors (Lipinski definition) is 2. The number of aliphatic imine (C=N–C) groups is 1. The lowest BCUT2D eigenvalue weighted by molar-refractivity contribution is 0.740. The van der Waals surface area contributed by atoms with Crippen molar-refractivity contribution in [2.24, 2.45) is 10.9 Å². The maximum absolute atomic E-state index is 4.69. The van der Waals surface area contributed by atoms with Crippen LogP contribution in [0.2, 0.25) is 0 Å². The van der Waals surface area contributed by atoms with Gasteiger partial charge in [0, 0.05) is 23.4 Å². The van der Waals surface area contributed by atoms with Crippen LogP contribution >= 0.6 is 11.3 Å². The van der Waals surface area contributed by atoms with Gasteiger partial charge in [-0.15, -0.1) is 11.3 Å². The first-order valence-electron chi connectivity index (χ1n) is 6.79. The highest BCUT2D eigenvalue weighted by atomic mass is 32.1. The number of nitrogens with zero attached hydrogens (tertiary/aromatic N) is 1. The largest absolute Gasteiger partial charge is 0.357 e. The first-order valence-corrected chi connectivity index (χ1v) is 7.67. The number of guanidine groups is 1. The van der Waals surface area contributed by atoms with Crippen LogP contribution < -0.4 is 10.6 Å². The van der Waals surface area contributed by atoms with Gasteiger partial charge in [0.2, 0.25) is 0 Å². The van der Waals surface area contributed by atoms with Gasteiger partial charge in [-0.2, -0.15) is 0 Å². The molecule has 3 nitrogen and oxygen atoms in total. The van der Waals surface area contributed by atoms with Crippen molar-refractivity contribution >= 4 is 17.3 Å². The minimum atomic E-state index is 0.497. The molecule has 0 amide bonds. The molecule has 0 aliphatic heterocycles. The number of rotatable bonds is 5. The SMILES string of the molecule is CCNC(=NCC(C)c1cccs1)NC1CC1C. The van der Waals surface area contributed by atoms with E-state index in [0.29, 0.717) is 12.0 Å². The molecule has 2 N–H and O–H groups in total. The fourth-order valence-electron chi connectivity index (χ4n) is 1.91. The lowest BCUT2D eigenvalue weighted by Crippen LogP contribution is -2.39. The zero-order chi connectivity index (χ0) is 13.0. The van der Waals surface area contributed by atoms with Gasteiger partial charge < -0.3 is 10.6 Å². The molecule has 1 heterocycles. The van der Waals surface area contributed by atoms with Gasteiger partial charge in [0.25, 0.3) is 0 Å². The minimum absolute atomic E-state index is 0.497. The van der Waals surface area contributed by atoms with Crippen molar-refractivity contribution in [3.8, 4) is 0 Å². The van der Waals surface area contributed by atoms with Gasteiger partial charge in [-0.25, -0.2) is 0 Å². The molecule has 0 bridgehead atoms. The molecule has 2 rings (SSSR count). The molecule has 0 spiro atoms. The highest BCUT2D eigenvalue weighted by Crippen LogP contribution is 2.28. The molecule has 1 saturated carbocycles. The Balaban J connectivity index is 1.87. The van der Waals surface area contributed by atoms with Crippen LogP contribution in [0.25, 0.3) is 0 Å². The molecule has 1 aromatic heterocycles. The molecular formula is C14H23N3S. The third-order valence-corrected chi connectivity index (χ3v) is 4.43. The number of nitrogens with one attached hydrogen (secondary N) is 2. The standard InChI is InChI=1S/C14H23N3S/c1-4-15-14(17-12-8-10(12)2)16-9-11(3)13-6-5-7-18-13/h5-7,10-12H,4,8-9H2,1-3H3,(H2,15,16,17). The Hall–Kier alpha value is -1.03. The van der Waals surface area contributed by atoms with E-state index in [1.165, 1.54) is 11.3 Å². The van der Waals surface area contributed by atoms with Crippen LogP contribution in [0.4, 0.5) is 0 Å². The highest BCUT2D eigenvalue weighted by Gasteiger charge is 2.33. The zero-order valence-electron chi connectivity index (χ0n) is 11.4. The molecule has 4 heteroatoms. The Kier molecular flexibility index (Phi) is 4.64. The predicted octanol–water partition coefficient (Wildman–Crippen LogP) is 2.82. The van der Waals surface area contributed by atoms with Crippen molar-refractivity contribution < 1.29 is 0 Å². The number of hydrogen-bond acceptors (Lipinski definition) is 2. The molecule has 3 atom stereocenters. The normalized spacial score (nSPS) is 24.7. The van der Waals surface area contributed by atoms with Crippen molar-refractivity contribution in [2.45, 2.75) is 39.2 Å². The minimum Gasteiger partial charge on any atom is -0.357 e. The van der Waals surface area contributed by atoms with Gasteiger partial charge in [-0.3, -0.25) is 4.99 Å². The summed E-state index contributed by atoms with van der Waals surface area (Å²) in [6.07, 6.45) is 1.27. The summed E-state index contributed by atoms with van der Waals surface area (Å²) >= 11 is 1.81. The summed E-state index contributed by atoms with van der Waals surface area (Å²) in [6.45, 7) is 8.38. The van der Waals surface area contributed by atoms with Gasteiger partial charge in [-0.1, -0.05) is 19.9 Å². The fourth-order valence-corrected chi connectivity index (χ4v) is 2.69. The monoisotopic (exact) mass is 265 g/mol. The van der Waals surface area contributed by atoms with Crippen molar-refractivity contribution in [1.82, 2.24) is 10.6 Å². The Morgan fingerprint density at radius 3 is 2.94 bits per heavy atom. The van der Waals surface area contributed by atoms with E-state index in [1.54, 1.807) is 0 Å². The first-order chi connectivity index (χ1) is 8.70. The summed E-state index contributed by atoms with van der Waals surface area (Å²) < 4.78 is 0. The molecule has 0 saturated heterocycles. The molecule has 0 aromatic carbocycles. The Labute approximate surface area is 114 Å². The summed E-state index contributed by atoms with van der Waals surface area (Å²) in [7, 11) is 0. The van der Waals surface area contributed by atoms with Gasteiger partial charge >= 0.3 is 0 Å². The maximum atomic E-state index is 4.69. The van der Waals surface area contributed by atoms with Gasteiger partial charge in [0.05, 0.1) is 6.54 Å². The van der Waals surface area contributed by atoms with Crippen LogP contribution in [0.1, 0.15) is 38.0 Å². The Morgan fingerprint density at radius 1 is 1.61 bits per heavy atom. The van der Waals surface area contributed by atoms with Crippen molar-refractivity contribution in [3.05, 3.63) is 22.4 Å². The summed E-state index contributed by atoms with van der Waals surface area (Å²) in [4.78, 5) is 6.10. The van der Waals surface area contributed by atoms with Crippen LogP contribution in [0.5, 0.6) is 0 Å². The maximum Gasteiger partial charge on any atom is 0.191 e. The van der Waals surface area contributed by atoms with E-state index in [1.807, 2.05) is 11.3 Å². The topological polar surface area (TPSA) is 36.4 Å². The summed E-state index contributed by atoms with van der Waals surface area (Å²) in [5.41, 5.74) is 0. The molecule has 0 radical (unpaired) electrons. The summed E-state index contributed by atoms with van der Waals surface area (Å²) in [5.74, 6) is 2.26. The Morgan fingerprint density at radius 2 is 2.39 bits per heavy atom. The second-order valence-electron chi connectivity index (χ2n) is 5.10. The Bertz CT molecular complexity index is 386. The van der Waals surface area contributed by atoms with Crippen LogP contribution in [-0.4, -0.2) is 25.1 Å². The molecular weight excluding hydrogens is 242 g/mol. The number of thiophene rings is 1. The van der Waals surface area contributed by atoms with Crippen molar-refractivity contribution in [1.29, 1.82) is 0 Å². The van der Waals surface area contributed by atoms with E-state index < -0.39 is 0 Å². The van der Waals surface area contributed by atoms with E-state index in [4.69, 9.17) is 0 Å². The summed E-state index contributed by atoms with van der Waals surface area (Å²) in [5, 5.41) is 8.93. The quantitative estimate of drug-likeness (QED) is 0.634. The smallest absolute Gasteiger partial charge is 0.191 e. The lowest BCUT2D eigenvalue weighted by Gasteiger charge is -2.12. The van der Waals surface area contributed by atoms with Crippen LogP contribution in [0.15, 0.2) is 22.5 Å². The third kappa shape index (κ3) is 3.73. The van der Waals surface area contributed by atoms with Crippen LogP contribution in [0, 0.1) is 5.92 Å². The van der Waals surface area contributed by atoms with E-state index in [9.17, 15) is 0 Å². The summed E-state index contributed by atoms with van der Waals surface area (Å²) in [6, 6.07) is 4.92. The first kappa shape index (κ1) is 13.4. The van der Waals surface area contributed by atoms with Gasteiger partial charge in [0.1, 0.15) is 0 Å². The third-order valence-electron chi connectivity index (χ3n) is 3.33. The van der Waals surface area contributed by atoms with E-state index >= 15 is 0 Å². The molecule has 1 aliphatic carbocycles. The molecule has 3 unspecified atom stereocenters. The van der Waals surface area contributed by atoms with Gasteiger partial charge in [0.15, 0.2) is 5.96 Å². The van der Waals surface area contributed by atoms with Crippen LogP contribution in [0.3, 0.4) is 0 Å². The van der Waals surface area contributed by atoms with E-state index in [2.05, 4.69) is 53.9 Å². The second-order valence-corrected chi connectivity index (χ2v) is 6.08. The van der Waals surface area contributed by atoms with Crippen molar-refractivity contribution in [2.75, 3.05) is 13.1 Å². The molecule has 18 heavy (non-hydrogen) atoms. The molecule has 1 aliphatic rings. The van der Waals surface area contributed by atoms with E-state index in [0.717, 1.165) is 25.0 Å². The predicted molar refractivity (Wildman–Crippen MR) is 79.4 cm³/mol. The lowest BCUT2D eigenvalue weighted by atomic mass is 10.1. The molecule has 1 aromatic rings. The van der Waals surface area contributed by atoms with Gasteiger partial charge in [-0.05, 0) is 30.7 Å². The van der Waals surface area contributed by atoms with Crippen molar-refractivity contribution in [3.63, 3.8) is 0 Å². The molecule has 100 valence electrons. The molecule has 1 fully saturated rings. The highest BCUT2D eigenvalue weighted by molar-refractivity contribution is 7.10.